The van der Waals surface area contributed by atoms with Crippen LogP contribution in [-0.4, -0.2) is 36.1 Å². The number of pyridine rings is 1. The maximum absolute atomic E-state index is 13.9. The zero-order chi connectivity index (χ0) is 14.5. The van der Waals surface area contributed by atoms with Gasteiger partial charge in [0, 0.05) is 24.5 Å². The Bertz CT molecular complexity index is 635. The Balaban J connectivity index is 2.13. The van der Waals surface area contributed by atoms with Crippen molar-refractivity contribution in [2.45, 2.75) is 13.8 Å². The smallest absolute Gasteiger partial charge is 0.248 e. The number of hydrogen-bond donors (Lipinski definition) is 2. The number of halogens is 1. The summed E-state index contributed by atoms with van der Waals surface area (Å²) in [5.41, 5.74) is 0.883. The molecule has 0 aliphatic rings. The fourth-order valence-electron chi connectivity index (χ4n) is 2.20. The fraction of sp³-hybridized carbons (Fsp3) is 0.400. The van der Waals surface area contributed by atoms with Crippen LogP contribution in [0.5, 0.6) is 0 Å². The Labute approximate surface area is 117 Å². The molecule has 0 fully saturated rings. The minimum Gasteiger partial charge on any atom is -0.381 e. The number of fused-ring (bicyclic) bond motifs is 1. The highest BCUT2D eigenvalue weighted by molar-refractivity contribution is 5.82. The van der Waals surface area contributed by atoms with E-state index in [0.29, 0.717) is 23.1 Å². The van der Waals surface area contributed by atoms with E-state index < -0.39 is 0 Å². The topological polar surface area (TPSA) is 48.1 Å². The van der Waals surface area contributed by atoms with E-state index in [0.717, 1.165) is 19.6 Å². The molecule has 1 aromatic heterocycles. The summed E-state index contributed by atoms with van der Waals surface area (Å²) in [7, 11) is 0. The van der Waals surface area contributed by atoms with Gasteiger partial charge in [-0.25, -0.2) is 4.39 Å². The Morgan fingerprint density at radius 1 is 1.25 bits per heavy atom. The van der Waals surface area contributed by atoms with Crippen molar-refractivity contribution in [3.8, 4) is 0 Å². The van der Waals surface area contributed by atoms with Crippen molar-refractivity contribution in [1.82, 2.24) is 9.88 Å². The maximum atomic E-state index is 13.9. The Hall–Kier alpha value is -1.88. The van der Waals surface area contributed by atoms with Crippen LogP contribution in [0, 0.1) is 5.82 Å². The van der Waals surface area contributed by atoms with Crippen LogP contribution in [0.4, 0.5) is 10.1 Å². The van der Waals surface area contributed by atoms with Gasteiger partial charge in [-0.05, 0) is 31.3 Å². The van der Waals surface area contributed by atoms with E-state index in [4.69, 9.17) is 0 Å². The van der Waals surface area contributed by atoms with Crippen molar-refractivity contribution in [2.75, 3.05) is 31.5 Å². The van der Waals surface area contributed by atoms with Crippen LogP contribution in [0.3, 0.4) is 0 Å². The lowest BCUT2D eigenvalue weighted by molar-refractivity contribution is 0.316. The predicted molar refractivity (Wildman–Crippen MR) is 80.8 cm³/mol. The van der Waals surface area contributed by atoms with E-state index in [9.17, 15) is 9.18 Å². The van der Waals surface area contributed by atoms with Crippen molar-refractivity contribution in [3.63, 3.8) is 0 Å². The zero-order valence-electron chi connectivity index (χ0n) is 11.9. The number of aromatic nitrogens is 1. The number of anilines is 1. The van der Waals surface area contributed by atoms with Crippen molar-refractivity contribution >= 4 is 16.6 Å². The first-order valence-corrected chi connectivity index (χ1v) is 6.92. The van der Waals surface area contributed by atoms with E-state index in [1.54, 1.807) is 12.1 Å². The molecule has 1 aromatic carbocycles. The SMILES string of the molecule is CCN(CC)CCNc1cc2[nH]c(=O)ccc2cc1F. The van der Waals surface area contributed by atoms with Crippen LogP contribution in [0.25, 0.3) is 10.9 Å². The highest BCUT2D eigenvalue weighted by atomic mass is 19.1. The van der Waals surface area contributed by atoms with Crippen molar-refractivity contribution in [1.29, 1.82) is 0 Å². The highest BCUT2D eigenvalue weighted by Gasteiger charge is 2.06. The number of H-pyrrole nitrogens is 1. The molecule has 0 saturated carbocycles. The van der Waals surface area contributed by atoms with Gasteiger partial charge >= 0.3 is 0 Å². The third-order valence-corrected chi connectivity index (χ3v) is 3.45. The number of nitrogens with one attached hydrogen (secondary N) is 2. The minimum absolute atomic E-state index is 0.182. The molecule has 2 aromatic rings. The normalized spacial score (nSPS) is 11.2. The van der Waals surface area contributed by atoms with E-state index in [-0.39, 0.29) is 11.4 Å². The summed E-state index contributed by atoms with van der Waals surface area (Å²) in [6.45, 7) is 7.68. The van der Waals surface area contributed by atoms with Gasteiger partial charge in [0.05, 0.1) is 11.2 Å². The van der Waals surface area contributed by atoms with Gasteiger partial charge in [0.1, 0.15) is 5.82 Å². The molecule has 0 aliphatic carbocycles. The minimum atomic E-state index is -0.302. The molecule has 0 bridgehead atoms. The molecule has 0 radical (unpaired) electrons. The zero-order valence-corrected chi connectivity index (χ0v) is 11.9. The summed E-state index contributed by atoms with van der Waals surface area (Å²) in [6, 6.07) is 6.10. The lowest BCUT2D eigenvalue weighted by atomic mass is 10.2. The van der Waals surface area contributed by atoms with E-state index in [2.05, 4.69) is 29.0 Å². The monoisotopic (exact) mass is 277 g/mol. The van der Waals surface area contributed by atoms with Gasteiger partial charge < -0.3 is 15.2 Å². The maximum Gasteiger partial charge on any atom is 0.248 e. The number of likely N-dealkylation sites (N-methyl/N-ethyl adjacent to an activating group) is 1. The van der Waals surface area contributed by atoms with Gasteiger partial charge in [0.2, 0.25) is 5.56 Å². The second-order valence-electron chi connectivity index (χ2n) is 4.70. The number of aromatic amines is 1. The first kappa shape index (κ1) is 14.5. The Morgan fingerprint density at radius 3 is 2.70 bits per heavy atom. The molecule has 0 aliphatic heterocycles. The molecular weight excluding hydrogens is 257 g/mol. The quantitative estimate of drug-likeness (QED) is 0.852. The van der Waals surface area contributed by atoms with Crippen LogP contribution >= 0.6 is 0 Å². The highest BCUT2D eigenvalue weighted by Crippen LogP contribution is 2.20. The molecule has 5 heteroatoms. The molecule has 0 amide bonds. The molecule has 0 spiro atoms. The lowest BCUT2D eigenvalue weighted by Crippen LogP contribution is -2.28. The molecule has 4 nitrogen and oxygen atoms in total. The van der Waals surface area contributed by atoms with Gasteiger partial charge in [-0.15, -0.1) is 0 Å². The second kappa shape index (κ2) is 6.52. The van der Waals surface area contributed by atoms with Gasteiger partial charge in [-0.2, -0.15) is 0 Å². The third-order valence-electron chi connectivity index (χ3n) is 3.45. The molecule has 0 atom stereocenters. The average Bonchev–Trinajstić information content (AvgIpc) is 2.44. The van der Waals surface area contributed by atoms with E-state index in [1.165, 1.54) is 12.1 Å². The summed E-state index contributed by atoms with van der Waals surface area (Å²) in [5.74, 6) is -0.302. The number of hydrogen-bond acceptors (Lipinski definition) is 3. The van der Waals surface area contributed by atoms with Gasteiger partial charge in [-0.3, -0.25) is 4.79 Å². The summed E-state index contributed by atoms with van der Waals surface area (Å²) >= 11 is 0. The number of nitrogens with zero attached hydrogens (tertiary/aromatic N) is 1. The summed E-state index contributed by atoms with van der Waals surface area (Å²) in [5, 5.41) is 3.78. The van der Waals surface area contributed by atoms with Gasteiger partial charge in [0.25, 0.3) is 0 Å². The van der Waals surface area contributed by atoms with Crippen molar-refractivity contribution in [2.24, 2.45) is 0 Å². The number of rotatable bonds is 6. The average molecular weight is 277 g/mol. The fourth-order valence-corrected chi connectivity index (χ4v) is 2.20. The van der Waals surface area contributed by atoms with E-state index in [1.807, 2.05) is 0 Å². The van der Waals surface area contributed by atoms with Crippen LogP contribution in [0.1, 0.15) is 13.8 Å². The van der Waals surface area contributed by atoms with Crippen LogP contribution in [0.15, 0.2) is 29.1 Å². The summed E-state index contributed by atoms with van der Waals surface area (Å²) in [4.78, 5) is 16.2. The first-order valence-electron chi connectivity index (χ1n) is 6.92. The Morgan fingerprint density at radius 2 is 2.00 bits per heavy atom. The van der Waals surface area contributed by atoms with E-state index >= 15 is 0 Å². The molecule has 0 unspecified atom stereocenters. The first-order chi connectivity index (χ1) is 9.63. The Kier molecular flexibility index (Phi) is 4.74. The van der Waals surface area contributed by atoms with Gasteiger partial charge in [0.15, 0.2) is 0 Å². The van der Waals surface area contributed by atoms with Crippen molar-refractivity contribution < 1.29 is 4.39 Å². The van der Waals surface area contributed by atoms with Crippen molar-refractivity contribution in [3.05, 3.63) is 40.4 Å². The molecule has 108 valence electrons. The summed E-state index contributed by atoms with van der Waals surface area (Å²) < 4.78 is 13.9. The van der Waals surface area contributed by atoms with Crippen LogP contribution in [-0.2, 0) is 0 Å². The molecule has 2 N–H and O–H groups in total. The molecule has 1 heterocycles. The number of benzene rings is 1. The molecule has 2 rings (SSSR count). The molecule has 0 saturated heterocycles. The summed E-state index contributed by atoms with van der Waals surface area (Å²) in [6.07, 6.45) is 0. The largest absolute Gasteiger partial charge is 0.381 e. The standard InChI is InChI=1S/C15H20FN3O/c1-3-19(4-2)8-7-17-14-10-13-11(9-12(14)16)5-6-15(20)18-13/h5-6,9-10,17H,3-4,7-8H2,1-2H3,(H,18,20). The third kappa shape index (κ3) is 3.36. The van der Waals surface area contributed by atoms with Crippen LogP contribution in [0.2, 0.25) is 0 Å². The lowest BCUT2D eigenvalue weighted by Gasteiger charge is -2.18. The van der Waals surface area contributed by atoms with Crippen LogP contribution < -0.4 is 10.9 Å². The van der Waals surface area contributed by atoms with Gasteiger partial charge in [-0.1, -0.05) is 13.8 Å². The molecular formula is C15H20FN3O. The molecule has 20 heavy (non-hydrogen) atoms. The predicted octanol–water partition coefficient (Wildman–Crippen LogP) is 2.42. The second-order valence-corrected chi connectivity index (χ2v) is 4.70.